The summed E-state index contributed by atoms with van der Waals surface area (Å²) < 4.78 is 10.6. The van der Waals surface area contributed by atoms with Crippen LogP contribution in [0.4, 0.5) is 4.79 Å². The third-order valence-corrected chi connectivity index (χ3v) is 4.33. The van der Waals surface area contributed by atoms with Gasteiger partial charge in [-0.05, 0) is 38.5 Å². The highest BCUT2D eigenvalue weighted by Gasteiger charge is 2.48. The van der Waals surface area contributed by atoms with E-state index in [1.54, 1.807) is 27.9 Å². The molecular weight excluding hydrogens is 340 g/mol. The molecule has 7 heteroatoms. The van der Waals surface area contributed by atoms with E-state index in [2.05, 4.69) is 17.9 Å². The molecule has 1 fully saturated rings. The maximum atomic E-state index is 12.5. The van der Waals surface area contributed by atoms with Crippen LogP contribution in [-0.4, -0.2) is 47.4 Å². The second kappa shape index (κ2) is 7.66. The number of rotatable bonds is 5. The summed E-state index contributed by atoms with van der Waals surface area (Å²) in [4.78, 5) is 25.9. The predicted molar refractivity (Wildman–Crippen MR) is 99.0 cm³/mol. The smallest absolute Gasteiger partial charge is 0.412 e. The minimum absolute atomic E-state index is 0.0962. The van der Waals surface area contributed by atoms with Gasteiger partial charge in [-0.3, -0.25) is 15.0 Å². The van der Waals surface area contributed by atoms with E-state index in [0.717, 1.165) is 17.6 Å². The van der Waals surface area contributed by atoms with Gasteiger partial charge in [0.05, 0.1) is 7.11 Å². The van der Waals surface area contributed by atoms with Gasteiger partial charge in [0.25, 0.3) is 0 Å². The molecule has 1 aromatic rings. The molecule has 2 rings (SSSR count). The number of nitrogens with zero attached hydrogens (tertiary/aromatic N) is 1. The van der Waals surface area contributed by atoms with Crippen LogP contribution in [0.25, 0.3) is 0 Å². The van der Waals surface area contributed by atoms with Gasteiger partial charge in [0.1, 0.15) is 11.4 Å². The van der Waals surface area contributed by atoms with Gasteiger partial charge in [-0.1, -0.05) is 12.1 Å². The number of likely N-dealkylation sites (tertiary alicyclic amines) is 1. The predicted octanol–water partition coefficient (Wildman–Crippen LogP) is 2.62. The molecule has 0 aliphatic carbocycles. The van der Waals surface area contributed by atoms with E-state index < -0.39 is 17.4 Å². The van der Waals surface area contributed by atoms with Crippen LogP contribution >= 0.6 is 12.6 Å². The number of nitrogens with one attached hydrogen (secondary N) is 1. The fraction of sp³-hybridized carbons (Fsp3) is 0.556. The van der Waals surface area contributed by atoms with Crippen molar-refractivity contribution in [2.24, 2.45) is 0 Å². The SMILES string of the molecule is COc1ccc(CN[C@@]2(C=O)C[C@H](S)CN2C(=O)OC(C)(C)C)cc1. The van der Waals surface area contributed by atoms with Gasteiger partial charge in [-0.2, -0.15) is 12.6 Å². The van der Waals surface area contributed by atoms with Crippen LogP contribution in [0.3, 0.4) is 0 Å². The molecule has 1 aliphatic heterocycles. The van der Waals surface area contributed by atoms with Crippen LogP contribution in [0, 0.1) is 0 Å². The van der Waals surface area contributed by atoms with Crippen molar-refractivity contribution < 1.29 is 19.1 Å². The van der Waals surface area contributed by atoms with E-state index in [9.17, 15) is 9.59 Å². The van der Waals surface area contributed by atoms with Crippen molar-refractivity contribution in [2.75, 3.05) is 13.7 Å². The van der Waals surface area contributed by atoms with Crippen molar-refractivity contribution in [3.63, 3.8) is 0 Å². The molecule has 1 N–H and O–H groups in total. The van der Waals surface area contributed by atoms with Crippen LogP contribution in [0.1, 0.15) is 32.8 Å². The van der Waals surface area contributed by atoms with Crippen molar-refractivity contribution in [3.05, 3.63) is 29.8 Å². The minimum Gasteiger partial charge on any atom is -0.497 e. The third-order valence-electron chi connectivity index (χ3n) is 3.99. The van der Waals surface area contributed by atoms with Crippen LogP contribution in [0.2, 0.25) is 0 Å². The lowest BCUT2D eigenvalue weighted by Crippen LogP contribution is -2.59. The summed E-state index contributed by atoms with van der Waals surface area (Å²) in [6, 6.07) is 7.53. The Balaban J connectivity index is 2.14. The summed E-state index contributed by atoms with van der Waals surface area (Å²) in [6.45, 7) is 6.18. The first-order chi connectivity index (χ1) is 11.7. The lowest BCUT2D eigenvalue weighted by Gasteiger charge is -2.35. The Labute approximate surface area is 154 Å². The van der Waals surface area contributed by atoms with Crippen molar-refractivity contribution in [1.29, 1.82) is 0 Å². The number of ether oxygens (including phenoxy) is 2. The summed E-state index contributed by atoms with van der Waals surface area (Å²) >= 11 is 4.47. The average molecular weight is 366 g/mol. The first-order valence-electron chi connectivity index (χ1n) is 8.22. The van der Waals surface area contributed by atoms with Gasteiger partial charge in [-0.25, -0.2) is 4.79 Å². The maximum absolute atomic E-state index is 12.5. The fourth-order valence-electron chi connectivity index (χ4n) is 2.78. The number of benzene rings is 1. The quantitative estimate of drug-likeness (QED) is 0.619. The first kappa shape index (κ1) is 19.6. The molecule has 6 nitrogen and oxygen atoms in total. The zero-order valence-electron chi connectivity index (χ0n) is 15.1. The van der Waals surface area contributed by atoms with Gasteiger partial charge in [0, 0.05) is 24.8 Å². The van der Waals surface area contributed by atoms with Gasteiger partial charge >= 0.3 is 6.09 Å². The van der Waals surface area contributed by atoms with E-state index in [-0.39, 0.29) is 5.25 Å². The van der Waals surface area contributed by atoms with E-state index in [1.165, 1.54) is 4.90 Å². The second-order valence-electron chi connectivity index (χ2n) is 7.19. The van der Waals surface area contributed by atoms with Gasteiger partial charge in [0.15, 0.2) is 11.9 Å². The summed E-state index contributed by atoms with van der Waals surface area (Å²) in [5, 5.41) is 3.12. The molecule has 0 radical (unpaired) electrons. The highest BCUT2D eigenvalue weighted by Crippen LogP contribution is 2.30. The first-order valence-corrected chi connectivity index (χ1v) is 8.74. The molecule has 1 aliphatic rings. The van der Waals surface area contributed by atoms with Gasteiger partial charge in [0.2, 0.25) is 0 Å². The number of amides is 1. The normalized spacial score (nSPS) is 23.4. The number of hydrogen-bond donors (Lipinski definition) is 2. The minimum atomic E-state index is -1.12. The van der Waals surface area contributed by atoms with Gasteiger partial charge < -0.3 is 9.47 Å². The summed E-state index contributed by atoms with van der Waals surface area (Å²) in [6.07, 6.45) is 0.685. The van der Waals surface area contributed by atoms with Crippen LogP contribution in [-0.2, 0) is 16.1 Å². The third kappa shape index (κ3) is 4.89. The van der Waals surface area contributed by atoms with Crippen LogP contribution in [0.5, 0.6) is 5.75 Å². The number of aldehydes is 1. The Bertz CT molecular complexity index is 614. The van der Waals surface area contributed by atoms with Crippen molar-refractivity contribution >= 4 is 25.0 Å². The lowest BCUT2D eigenvalue weighted by atomic mass is 10.1. The van der Waals surface area contributed by atoms with E-state index >= 15 is 0 Å². The Morgan fingerprint density at radius 1 is 1.40 bits per heavy atom. The number of carbonyl (C=O) groups excluding carboxylic acids is 2. The zero-order valence-corrected chi connectivity index (χ0v) is 16.0. The molecule has 138 valence electrons. The maximum Gasteiger partial charge on any atom is 0.412 e. The Hall–Kier alpha value is -1.73. The molecule has 0 aromatic heterocycles. The molecule has 0 unspecified atom stereocenters. The van der Waals surface area contributed by atoms with E-state index in [0.29, 0.717) is 19.5 Å². The van der Waals surface area contributed by atoms with Gasteiger partial charge in [-0.15, -0.1) is 0 Å². The number of carbonyl (C=O) groups is 2. The standard InChI is InChI=1S/C18H26N2O4S/c1-17(2,3)24-16(22)20-11-15(25)9-18(20,12-21)19-10-13-5-7-14(23-4)8-6-13/h5-8,12,15,19,25H,9-11H2,1-4H3/t15-,18-/m0/s1. The topological polar surface area (TPSA) is 67.9 Å². The van der Waals surface area contributed by atoms with Crippen molar-refractivity contribution in [1.82, 2.24) is 10.2 Å². The number of thiol groups is 1. The molecule has 25 heavy (non-hydrogen) atoms. The summed E-state index contributed by atoms with van der Waals surface area (Å²) in [5.41, 5.74) is -0.765. The monoisotopic (exact) mass is 366 g/mol. The van der Waals surface area contributed by atoms with Crippen molar-refractivity contribution in [3.8, 4) is 5.75 Å². The van der Waals surface area contributed by atoms with Crippen LogP contribution < -0.4 is 10.1 Å². The highest BCUT2D eigenvalue weighted by molar-refractivity contribution is 7.81. The number of methoxy groups -OCH3 is 1. The largest absolute Gasteiger partial charge is 0.497 e. The summed E-state index contributed by atoms with van der Waals surface area (Å²) in [5.74, 6) is 0.764. The molecule has 0 spiro atoms. The molecule has 0 saturated carbocycles. The average Bonchev–Trinajstić information content (AvgIpc) is 2.89. The Morgan fingerprint density at radius 2 is 2.04 bits per heavy atom. The van der Waals surface area contributed by atoms with Crippen LogP contribution in [0.15, 0.2) is 24.3 Å². The Morgan fingerprint density at radius 3 is 2.56 bits per heavy atom. The molecule has 1 heterocycles. The highest BCUT2D eigenvalue weighted by atomic mass is 32.1. The fourth-order valence-corrected chi connectivity index (χ4v) is 3.22. The second-order valence-corrected chi connectivity index (χ2v) is 7.92. The number of hydrogen-bond acceptors (Lipinski definition) is 6. The molecule has 2 atom stereocenters. The lowest BCUT2D eigenvalue weighted by molar-refractivity contribution is -0.119. The molecular formula is C18H26N2O4S. The van der Waals surface area contributed by atoms with E-state index in [4.69, 9.17) is 9.47 Å². The Kier molecular flexibility index (Phi) is 6.00. The molecule has 0 bridgehead atoms. The molecule has 1 amide bonds. The van der Waals surface area contributed by atoms with E-state index in [1.807, 2.05) is 24.3 Å². The zero-order chi connectivity index (χ0) is 18.7. The molecule has 1 aromatic carbocycles. The van der Waals surface area contributed by atoms with Crippen molar-refractivity contribution in [2.45, 2.75) is 50.3 Å². The summed E-state index contributed by atoms with van der Waals surface area (Å²) in [7, 11) is 1.61. The molecule has 1 saturated heterocycles.